The number of alkyl carbamates (subject to hydrolysis) is 1. The van der Waals surface area contributed by atoms with E-state index in [-0.39, 0.29) is 38.6 Å². The highest BCUT2D eigenvalue weighted by atomic mass is 16.6. The fourth-order valence-corrected chi connectivity index (χ4v) is 4.36. The number of carbonyl (C=O) groups excluding carboxylic acids is 2. The molecule has 168 valence electrons. The maximum Gasteiger partial charge on any atom is 0.408 e. The Hall–Kier alpha value is -3.39. The first-order chi connectivity index (χ1) is 15.4. The van der Waals surface area contributed by atoms with Gasteiger partial charge in [-0.2, -0.15) is 0 Å². The lowest BCUT2D eigenvalue weighted by Crippen LogP contribution is -2.61. The maximum absolute atomic E-state index is 12.8. The molecule has 2 amide bonds. The molecule has 2 aliphatic rings. The molecule has 0 spiro atoms. The van der Waals surface area contributed by atoms with Crippen LogP contribution in [0.15, 0.2) is 48.5 Å². The molecule has 1 heterocycles. The van der Waals surface area contributed by atoms with Crippen LogP contribution in [0.4, 0.5) is 4.79 Å². The van der Waals surface area contributed by atoms with Crippen molar-refractivity contribution in [2.24, 2.45) is 0 Å². The predicted molar refractivity (Wildman–Crippen MR) is 116 cm³/mol. The topological polar surface area (TPSA) is 114 Å². The minimum Gasteiger partial charge on any atom is -0.480 e. The number of ether oxygens (including phenoxy) is 2. The van der Waals surface area contributed by atoms with Gasteiger partial charge in [0, 0.05) is 18.9 Å². The van der Waals surface area contributed by atoms with Crippen LogP contribution in [0.2, 0.25) is 0 Å². The number of carboxylic acids is 1. The van der Waals surface area contributed by atoms with E-state index in [1.54, 1.807) is 6.92 Å². The second-order valence-corrected chi connectivity index (χ2v) is 8.11. The number of rotatable bonds is 7. The number of hydrogen-bond acceptors (Lipinski definition) is 5. The summed E-state index contributed by atoms with van der Waals surface area (Å²) in [6.45, 7) is 2.01. The van der Waals surface area contributed by atoms with Gasteiger partial charge in [0.05, 0.1) is 6.61 Å². The molecule has 0 bridgehead atoms. The summed E-state index contributed by atoms with van der Waals surface area (Å²) >= 11 is 0. The monoisotopic (exact) mass is 438 g/mol. The number of fused-ring (bicyclic) bond motifs is 3. The Morgan fingerprint density at radius 1 is 1.12 bits per heavy atom. The van der Waals surface area contributed by atoms with Gasteiger partial charge in [-0.3, -0.25) is 4.79 Å². The van der Waals surface area contributed by atoms with Crippen molar-refractivity contribution in [1.82, 2.24) is 10.6 Å². The lowest BCUT2D eigenvalue weighted by molar-refractivity contribution is -0.143. The van der Waals surface area contributed by atoms with Crippen molar-refractivity contribution < 1.29 is 29.0 Å². The van der Waals surface area contributed by atoms with E-state index in [2.05, 4.69) is 22.8 Å². The first-order valence-corrected chi connectivity index (χ1v) is 10.7. The molecular formula is C24H26N2O6. The van der Waals surface area contributed by atoms with Crippen LogP contribution in [-0.4, -0.2) is 54.5 Å². The van der Waals surface area contributed by atoms with Crippen LogP contribution in [0, 0.1) is 0 Å². The van der Waals surface area contributed by atoms with Gasteiger partial charge in [-0.25, -0.2) is 9.59 Å². The first-order valence-electron chi connectivity index (χ1n) is 10.7. The standard InChI is InChI=1S/C24H26N2O6/c1-2-20(21(27)28)25-22(29)24(11-12-31-14-24)26-23(30)32-13-19-17-9-5-3-7-15(17)16-8-4-6-10-18(16)19/h3-10,19-20H,2,11-14H2,1H3,(H,25,29)(H,26,30)(H,27,28). The van der Waals surface area contributed by atoms with Crippen molar-refractivity contribution in [2.75, 3.05) is 19.8 Å². The summed E-state index contributed by atoms with van der Waals surface area (Å²) in [6.07, 6.45) is -0.280. The largest absolute Gasteiger partial charge is 0.480 e. The van der Waals surface area contributed by atoms with Gasteiger partial charge in [-0.05, 0) is 28.7 Å². The Bertz CT molecular complexity index is 985. The van der Waals surface area contributed by atoms with E-state index in [0.717, 1.165) is 22.3 Å². The van der Waals surface area contributed by atoms with E-state index >= 15 is 0 Å². The number of carbonyl (C=O) groups is 3. The van der Waals surface area contributed by atoms with Crippen LogP contribution < -0.4 is 10.6 Å². The fourth-order valence-electron chi connectivity index (χ4n) is 4.36. The van der Waals surface area contributed by atoms with E-state index in [1.807, 2.05) is 36.4 Å². The van der Waals surface area contributed by atoms with E-state index < -0.39 is 29.6 Å². The van der Waals surface area contributed by atoms with Gasteiger partial charge >= 0.3 is 12.1 Å². The van der Waals surface area contributed by atoms with Gasteiger partial charge in [0.25, 0.3) is 0 Å². The minimum atomic E-state index is -1.36. The fraction of sp³-hybridized carbons (Fsp3) is 0.375. The molecule has 1 saturated heterocycles. The molecule has 32 heavy (non-hydrogen) atoms. The average molecular weight is 438 g/mol. The SMILES string of the molecule is CCC(NC(=O)C1(NC(=O)OCC2c3ccccc3-c3ccccc32)CCOC1)C(=O)O. The molecule has 1 aliphatic carbocycles. The molecule has 8 nitrogen and oxygen atoms in total. The number of aliphatic carboxylic acids is 1. The minimum absolute atomic E-state index is 0.0426. The summed E-state index contributed by atoms with van der Waals surface area (Å²) in [7, 11) is 0. The van der Waals surface area contributed by atoms with Crippen LogP contribution >= 0.6 is 0 Å². The van der Waals surface area contributed by atoms with Crippen LogP contribution in [-0.2, 0) is 19.1 Å². The molecule has 0 aromatic heterocycles. The Morgan fingerprint density at radius 3 is 2.28 bits per heavy atom. The molecule has 2 atom stereocenters. The molecular weight excluding hydrogens is 412 g/mol. The molecule has 2 aromatic rings. The predicted octanol–water partition coefficient (Wildman–Crippen LogP) is 2.66. The number of hydrogen-bond donors (Lipinski definition) is 3. The van der Waals surface area contributed by atoms with Gasteiger partial charge in [0.1, 0.15) is 18.2 Å². The molecule has 8 heteroatoms. The third-order valence-electron chi connectivity index (χ3n) is 6.15. The third-order valence-corrected chi connectivity index (χ3v) is 6.15. The Labute approximate surface area is 185 Å². The van der Waals surface area contributed by atoms with E-state index in [9.17, 15) is 19.5 Å². The van der Waals surface area contributed by atoms with E-state index in [0.29, 0.717) is 0 Å². The number of benzene rings is 2. The molecule has 0 saturated carbocycles. The summed E-state index contributed by atoms with van der Waals surface area (Å²) in [5, 5.41) is 14.4. The van der Waals surface area contributed by atoms with Gasteiger partial charge in [0.15, 0.2) is 0 Å². The quantitative estimate of drug-likeness (QED) is 0.612. The second kappa shape index (κ2) is 9.00. The highest BCUT2D eigenvalue weighted by Crippen LogP contribution is 2.44. The molecule has 4 rings (SSSR count). The Morgan fingerprint density at radius 2 is 1.75 bits per heavy atom. The zero-order valence-corrected chi connectivity index (χ0v) is 17.8. The molecule has 2 aromatic carbocycles. The maximum atomic E-state index is 12.8. The van der Waals surface area contributed by atoms with E-state index in [4.69, 9.17) is 9.47 Å². The molecule has 1 fully saturated rings. The molecule has 2 unspecified atom stereocenters. The summed E-state index contributed by atoms with van der Waals surface area (Å²) in [5.74, 6) is -1.82. The zero-order valence-electron chi connectivity index (χ0n) is 17.8. The van der Waals surface area contributed by atoms with Crippen molar-refractivity contribution in [1.29, 1.82) is 0 Å². The molecule has 1 aliphatic heterocycles. The average Bonchev–Trinajstić information content (AvgIpc) is 3.39. The van der Waals surface area contributed by atoms with Crippen molar-refractivity contribution in [2.45, 2.75) is 37.3 Å². The lowest BCUT2D eigenvalue weighted by atomic mass is 9.97. The van der Waals surface area contributed by atoms with Crippen LogP contribution in [0.5, 0.6) is 0 Å². The van der Waals surface area contributed by atoms with Crippen molar-refractivity contribution in [3.05, 3.63) is 59.7 Å². The number of amides is 2. The van der Waals surface area contributed by atoms with Crippen molar-refractivity contribution in [3.8, 4) is 11.1 Å². The van der Waals surface area contributed by atoms with Crippen LogP contribution in [0.1, 0.15) is 36.8 Å². The first kappa shape index (κ1) is 21.8. The number of nitrogens with one attached hydrogen (secondary N) is 2. The molecule has 0 radical (unpaired) electrons. The van der Waals surface area contributed by atoms with Gasteiger partial charge in [-0.1, -0.05) is 55.5 Å². The highest BCUT2D eigenvalue weighted by Gasteiger charge is 2.45. The second-order valence-electron chi connectivity index (χ2n) is 8.11. The van der Waals surface area contributed by atoms with Crippen molar-refractivity contribution in [3.63, 3.8) is 0 Å². The summed E-state index contributed by atoms with van der Waals surface area (Å²) in [6, 6.07) is 15.0. The molecule has 3 N–H and O–H groups in total. The van der Waals surface area contributed by atoms with Gasteiger partial charge < -0.3 is 25.2 Å². The third kappa shape index (κ3) is 4.05. The van der Waals surface area contributed by atoms with Gasteiger partial charge in [-0.15, -0.1) is 0 Å². The highest BCUT2D eigenvalue weighted by molar-refractivity contribution is 5.93. The Balaban J connectivity index is 1.45. The van der Waals surface area contributed by atoms with Crippen LogP contribution in [0.25, 0.3) is 11.1 Å². The summed E-state index contributed by atoms with van der Waals surface area (Å²) in [5.41, 5.74) is 3.06. The Kier molecular flexibility index (Phi) is 6.14. The van der Waals surface area contributed by atoms with Gasteiger partial charge in [0.2, 0.25) is 5.91 Å². The number of carboxylic acid groups (broad SMARTS) is 1. The summed E-state index contributed by atoms with van der Waals surface area (Å²) < 4.78 is 10.9. The zero-order chi connectivity index (χ0) is 22.7. The lowest BCUT2D eigenvalue weighted by Gasteiger charge is -2.28. The smallest absolute Gasteiger partial charge is 0.408 e. The summed E-state index contributed by atoms with van der Waals surface area (Å²) in [4.78, 5) is 36.8. The van der Waals surface area contributed by atoms with E-state index in [1.165, 1.54) is 0 Å². The normalized spacial score (nSPS) is 20.2. The van der Waals surface area contributed by atoms with Crippen LogP contribution in [0.3, 0.4) is 0 Å². The van der Waals surface area contributed by atoms with Crippen molar-refractivity contribution >= 4 is 18.0 Å².